The zero-order valence-electron chi connectivity index (χ0n) is 15.3. The maximum atomic E-state index is 12.8. The van der Waals surface area contributed by atoms with Gasteiger partial charge in [-0.05, 0) is 54.4 Å². The van der Waals surface area contributed by atoms with Gasteiger partial charge in [0.25, 0.3) is 0 Å². The second-order valence-electron chi connectivity index (χ2n) is 6.40. The maximum Gasteiger partial charge on any atom is 0.315 e. The van der Waals surface area contributed by atoms with Crippen molar-refractivity contribution in [2.75, 3.05) is 27.1 Å². The standard InChI is InChI=1S/C21H21NO5/c1-3-25-21(23)19-16(14-6-9-17-18(10-14)27-12-26-17)11-22-20(19)13-4-7-15(24-2)8-5-13/h4-10,16,19H,3,11-12H2,1-2H3/t16?,19-/m1/s1. The summed E-state index contributed by atoms with van der Waals surface area (Å²) in [5, 5.41) is 0. The van der Waals surface area contributed by atoms with Crippen LogP contribution in [0, 0.1) is 5.92 Å². The van der Waals surface area contributed by atoms with Crippen molar-refractivity contribution in [1.82, 2.24) is 0 Å². The van der Waals surface area contributed by atoms with E-state index in [-0.39, 0.29) is 18.7 Å². The summed E-state index contributed by atoms with van der Waals surface area (Å²) in [4.78, 5) is 17.5. The van der Waals surface area contributed by atoms with Gasteiger partial charge in [0.1, 0.15) is 11.7 Å². The summed E-state index contributed by atoms with van der Waals surface area (Å²) < 4.78 is 21.5. The summed E-state index contributed by atoms with van der Waals surface area (Å²) in [5.74, 6) is 1.37. The summed E-state index contributed by atoms with van der Waals surface area (Å²) in [6.45, 7) is 2.88. The Morgan fingerprint density at radius 1 is 1.15 bits per heavy atom. The van der Waals surface area contributed by atoms with Gasteiger partial charge in [-0.2, -0.15) is 0 Å². The van der Waals surface area contributed by atoms with Gasteiger partial charge in [0, 0.05) is 12.5 Å². The quantitative estimate of drug-likeness (QED) is 0.760. The molecule has 0 bridgehead atoms. The van der Waals surface area contributed by atoms with Crippen LogP contribution in [0.3, 0.4) is 0 Å². The molecule has 6 nitrogen and oxygen atoms in total. The van der Waals surface area contributed by atoms with Crippen LogP contribution in [-0.2, 0) is 9.53 Å². The Morgan fingerprint density at radius 2 is 1.93 bits per heavy atom. The molecule has 0 aliphatic carbocycles. The molecule has 6 heteroatoms. The summed E-state index contributed by atoms with van der Waals surface area (Å²) in [5.41, 5.74) is 2.64. The lowest BCUT2D eigenvalue weighted by Crippen LogP contribution is -2.29. The molecule has 0 amide bonds. The molecule has 2 atom stereocenters. The minimum Gasteiger partial charge on any atom is -0.497 e. The Kier molecular flexibility index (Phi) is 4.71. The van der Waals surface area contributed by atoms with Gasteiger partial charge in [-0.25, -0.2) is 0 Å². The number of esters is 1. The van der Waals surface area contributed by atoms with Crippen LogP contribution in [-0.4, -0.2) is 38.7 Å². The Balaban J connectivity index is 1.67. The van der Waals surface area contributed by atoms with E-state index in [0.717, 1.165) is 28.3 Å². The number of methoxy groups -OCH3 is 1. The minimum absolute atomic E-state index is 0.101. The van der Waals surface area contributed by atoms with Crippen molar-refractivity contribution in [3.05, 3.63) is 53.6 Å². The lowest BCUT2D eigenvalue weighted by atomic mass is 9.83. The van der Waals surface area contributed by atoms with Crippen LogP contribution in [0.5, 0.6) is 17.2 Å². The second kappa shape index (κ2) is 7.31. The van der Waals surface area contributed by atoms with E-state index in [9.17, 15) is 4.79 Å². The number of nitrogens with zero attached hydrogens (tertiary/aromatic N) is 1. The van der Waals surface area contributed by atoms with Crippen molar-refractivity contribution in [3.63, 3.8) is 0 Å². The highest BCUT2D eigenvalue weighted by atomic mass is 16.7. The molecule has 1 unspecified atom stereocenters. The number of benzene rings is 2. The molecule has 2 aromatic carbocycles. The van der Waals surface area contributed by atoms with Crippen LogP contribution in [0.25, 0.3) is 0 Å². The van der Waals surface area contributed by atoms with Crippen LogP contribution in [0.4, 0.5) is 0 Å². The van der Waals surface area contributed by atoms with Crippen LogP contribution < -0.4 is 14.2 Å². The third-order valence-corrected chi connectivity index (χ3v) is 4.91. The summed E-state index contributed by atoms with van der Waals surface area (Å²) in [6.07, 6.45) is 0. The molecular weight excluding hydrogens is 346 g/mol. The first kappa shape index (κ1) is 17.4. The third kappa shape index (κ3) is 3.23. The van der Waals surface area contributed by atoms with Crippen molar-refractivity contribution in [2.45, 2.75) is 12.8 Å². The number of aliphatic imine (C=N–C) groups is 1. The zero-order valence-corrected chi connectivity index (χ0v) is 15.3. The first-order valence-corrected chi connectivity index (χ1v) is 8.96. The average molecular weight is 367 g/mol. The minimum atomic E-state index is -0.460. The lowest BCUT2D eigenvalue weighted by Gasteiger charge is -2.20. The van der Waals surface area contributed by atoms with Gasteiger partial charge in [0.2, 0.25) is 6.79 Å². The highest BCUT2D eigenvalue weighted by Gasteiger charge is 2.40. The van der Waals surface area contributed by atoms with E-state index in [2.05, 4.69) is 0 Å². The van der Waals surface area contributed by atoms with E-state index in [4.69, 9.17) is 23.9 Å². The number of carbonyl (C=O) groups is 1. The molecule has 0 radical (unpaired) electrons. The fourth-order valence-corrected chi connectivity index (χ4v) is 3.57. The van der Waals surface area contributed by atoms with Gasteiger partial charge in [0.05, 0.1) is 19.4 Å². The van der Waals surface area contributed by atoms with E-state index in [1.807, 2.05) is 49.4 Å². The predicted octanol–water partition coefficient (Wildman–Crippen LogP) is 3.19. The smallest absolute Gasteiger partial charge is 0.315 e. The van der Waals surface area contributed by atoms with Crippen LogP contribution in [0.1, 0.15) is 24.0 Å². The first-order chi connectivity index (χ1) is 13.2. The topological polar surface area (TPSA) is 66.4 Å². The van der Waals surface area contributed by atoms with E-state index >= 15 is 0 Å². The van der Waals surface area contributed by atoms with Crippen molar-refractivity contribution in [1.29, 1.82) is 0 Å². The average Bonchev–Trinajstić information content (AvgIpc) is 3.34. The van der Waals surface area contributed by atoms with Crippen LogP contribution >= 0.6 is 0 Å². The molecule has 0 saturated carbocycles. The molecule has 0 fully saturated rings. The molecule has 27 heavy (non-hydrogen) atoms. The second-order valence-corrected chi connectivity index (χ2v) is 6.40. The highest BCUT2D eigenvalue weighted by Crippen LogP contribution is 2.40. The lowest BCUT2D eigenvalue weighted by molar-refractivity contribution is -0.145. The van der Waals surface area contributed by atoms with E-state index in [1.54, 1.807) is 7.11 Å². The van der Waals surface area contributed by atoms with E-state index < -0.39 is 5.92 Å². The zero-order chi connectivity index (χ0) is 18.8. The fourth-order valence-electron chi connectivity index (χ4n) is 3.57. The van der Waals surface area contributed by atoms with Gasteiger partial charge >= 0.3 is 5.97 Å². The molecule has 0 spiro atoms. The maximum absolute atomic E-state index is 12.8. The number of hydrogen-bond donors (Lipinski definition) is 0. The van der Waals surface area contributed by atoms with Crippen molar-refractivity contribution in [3.8, 4) is 17.2 Å². The number of carbonyl (C=O) groups excluding carboxylic acids is 1. The van der Waals surface area contributed by atoms with Crippen molar-refractivity contribution >= 4 is 11.7 Å². The third-order valence-electron chi connectivity index (χ3n) is 4.91. The van der Waals surface area contributed by atoms with Crippen molar-refractivity contribution < 1.29 is 23.7 Å². The van der Waals surface area contributed by atoms with E-state index in [1.165, 1.54) is 0 Å². The van der Waals surface area contributed by atoms with Gasteiger partial charge in [-0.15, -0.1) is 0 Å². The van der Waals surface area contributed by atoms with Gasteiger partial charge < -0.3 is 18.9 Å². The summed E-state index contributed by atoms with van der Waals surface area (Å²) in [7, 11) is 1.62. The van der Waals surface area contributed by atoms with E-state index in [0.29, 0.717) is 18.9 Å². The molecular formula is C21H21NO5. The van der Waals surface area contributed by atoms with Crippen LogP contribution in [0.2, 0.25) is 0 Å². The van der Waals surface area contributed by atoms with Gasteiger partial charge in [-0.3, -0.25) is 9.79 Å². The Bertz CT molecular complexity index is 875. The van der Waals surface area contributed by atoms with Gasteiger partial charge in [0.15, 0.2) is 11.5 Å². The number of hydrogen-bond acceptors (Lipinski definition) is 6. The monoisotopic (exact) mass is 367 g/mol. The number of rotatable bonds is 5. The largest absolute Gasteiger partial charge is 0.497 e. The van der Waals surface area contributed by atoms with Crippen molar-refractivity contribution in [2.24, 2.45) is 10.9 Å². The predicted molar refractivity (Wildman–Crippen MR) is 99.8 cm³/mol. The molecule has 0 saturated heterocycles. The summed E-state index contributed by atoms with van der Waals surface area (Å²) >= 11 is 0. The number of fused-ring (bicyclic) bond motifs is 1. The molecule has 0 aromatic heterocycles. The Morgan fingerprint density at radius 3 is 2.67 bits per heavy atom. The number of ether oxygens (including phenoxy) is 4. The Labute approximate surface area is 157 Å². The molecule has 2 aliphatic rings. The molecule has 2 aliphatic heterocycles. The molecule has 0 N–H and O–H groups in total. The van der Waals surface area contributed by atoms with Gasteiger partial charge in [-0.1, -0.05) is 6.07 Å². The fraction of sp³-hybridized carbons (Fsp3) is 0.333. The normalized spacial score (nSPS) is 20.3. The van der Waals surface area contributed by atoms with Crippen LogP contribution in [0.15, 0.2) is 47.5 Å². The first-order valence-electron chi connectivity index (χ1n) is 8.96. The molecule has 140 valence electrons. The highest BCUT2D eigenvalue weighted by molar-refractivity contribution is 6.13. The SMILES string of the molecule is CCOC(=O)[C@H]1C(c2ccc(OC)cc2)=NCC1c1ccc2c(c1)OCO2. The summed E-state index contributed by atoms with van der Waals surface area (Å²) in [6, 6.07) is 13.4. The molecule has 2 heterocycles. The molecule has 2 aromatic rings. The molecule has 4 rings (SSSR count). The Hall–Kier alpha value is -3.02.